The maximum absolute atomic E-state index is 12.0. The third-order valence-electron chi connectivity index (χ3n) is 4.78. The van der Waals surface area contributed by atoms with Crippen molar-refractivity contribution in [3.8, 4) is 0 Å². The number of nitrogens with one attached hydrogen (secondary N) is 2. The molecule has 0 aromatic rings. The first-order chi connectivity index (χ1) is 10.2. The van der Waals surface area contributed by atoms with Crippen LogP contribution in [0, 0.1) is 5.41 Å². The van der Waals surface area contributed by atoms with E-state index in [2.05, 4.69) is 10.6 Å². The Balaban J connectivity index is 1.68. The highest BCUT2D eigenvalue weighted by molar-refractivity contribution is 5.77. The molecule has 5 heteroatoms. The number of rotatable bonds is 7. The molecule has 1 heterocycles. The Labute approximate surface area is 128 Å². The lowest BCUT2D eigenvalue weighted by molar-refractivity contribution is -0.129. The van der Waals surface area contributed by atoms with Gasteiger partial charge in [0.15, 0.2) is 0 Å². The molecule has 122 valence electrons. The molecule has 2 N–H and O–H groups in total. The highest BCUT2D eigenvalue weighted by atomic mass is 16.5. The molecule has 0 bridgehead atoms. The zero-order valence-corrected chi connectivity index (χ0v) is 13.3. The van der Waals surface area contributed by atoms with Gasteiger partial charge in [-0.1, -0.05) is 19.3 Å². The molecule has 1 aliphatic carbocycles. The van der Waals surface area contributed by atoms with Gasteiger partial charge in [-0.2, -0.15) is 0 Å². The van der Waals surface area contributed by atoms with E-state index in [1.165, 1.54) is 19.3 Å². The van der Waals surface area contributed by atoms with E-state index < -0.39 is 0 Å². The van der Waals surface area contributed by atoms with Gasteiger partial charge in [-0.15, -0.1) is 0 Å². The summed E-state index contributed by atoms with van der Waals surface area (Å²) in [5, 5.41) is 6.41. The van der Waals surface area contributed by atoms with Gasteiger partial charge in [0.1, 0.15) is 6.61 Å². The summed E-state index contributed by atoms with van der Waals surface area (Å²) in [7, 11) is 1.73. The summed E-state index contributed by atoms with van der Waals surface area (Å²) in [6, 6.07) is 0. The van der Waals surface area contributed by atoms with Gasteiger partial charge in [-0.05, 0) is 38.8 Å². The molecule has 2 rings (SSSR count). The van der Waals surface area contributed by atoms with Gasteiger partial charge in [-0.25, -0.2) is 0 Å². The van der Waals surface area contributed by atoms with Crippen molar-refractivity contribution in [2.24, 2.45) is 5.41 Å². The van der Waals surface area contributed by atoms with E-state index in [1.54, 1.807) is 7.11 Å². The molecule has 2 fully saturated rings. The molecule has 1 aliphatic heterocycles. The van der Waals surface area contributed by atoms with Crippen LogP contribution in [0.15, 0.2) is 0 Å². The number of amides is 1. The largest absolute Gasteiger partial charge is 0.384 e. The molecule has 0 unspecified atom stereocenters. The quantitative estimate of drug-likeness (QED) is 0.747. The molecule has 1 saturated carbocycles. The summed E-state index contributed by atoms with van der Waals surface area (Å²) in [6.45, 7) is 3.59. The van der Waals surface area contributed by atoms with Crippen LogP contribution in [0.2, 0.25) is 0 Å². The molecule has 0 radical (unpaired) electrons. The van der Waals surface area contributed by atoms with Crippen LogP contribution in [0.5, 0.6) is 0 Å². The van der Waals surface area contributed by atoms with Gasteiger partial charge >= 0.3 is 0 Å². The molecule has 21 heavy (non-hydrogen) atoms. The number of hydrogen-bond acceptors (Lipinski definition) is 4. The van der Waals surface area contributed by atoms with Gasteiger partial charge in [-0.3, -0.25) is 4.79 Å². The fraction of sp³-hybridized carbons (Fsp3) is 0.938. The second-order valence-corrected chi connectivity index (χ2v) is 6.53. The summed E-state index contributed by atoms with van der Waals surface area (Å²) in [6.07, 6.45) is 8.36. The molecule has 2 aliphatic rings. The van der Waals surface area contributed by atoms with Crippen molar-refractivity contribution in [2.45, 2.75) is 51.0 Å². The van der Waals surface area contributed by atoms with Crippen LogP contribution in [0.4, 0.5) is 0 Å². The van der Waals surface area contributed by atoms with Crippen molar-refractivity contribution in [1.82, 2.24) is 10.6 Å². The molecule has 1 saturated heterocycles. The first-order valence-corrected chi connectivity index (χ1v) is 8.32. The van der Waals surface area contributed by atoms with Crippen molar-refractivity contribution >= 4 is 5.91 Å². The molecular formula is C16H30N2O3. The van der Waals surface area contributed by atoms with E-state index in [9.17, 15) is 4.79 Å². The maximum Gasteiger partial charge on any atom is 0.246 e. The third kappa shape index (κ3) is 5.57. The molecule has 0 aromatic heterocycles. The Bertz CT molecular complexity index is 305. The fourth-order valence-electron chi connectivity index (χ4n) is 3.40. The van der Waals surface area contributed by atoms with Crippen molar-refractivity contribution in [3.05, 3.63) is 0 Å². The predicted molar refractivity (Wildman–Crippen MR) is 82.2 cm³/mol. The lowest BCUT2D eigenvalue weighted by Gasteiger charge is -2.37. The van der Waals surface area contributed by atoms with Gasteiger partial charge < -0.3 is 20.1 Å². The minimum Gasteiger partial charge on any atom is -0.384 e. The smallest absolute Gasteiger partial charge is 0.246 e. The number of carbonyl (C=O) groups is 1. The van der Waals surface area contributed by atoms with Crippen LogP contribution in [-0.4, -0.2) is 52.0 Å². The number of hydrogen-bond donors (Lipinski definition) is 2. The predicted octanol–water partition coefficient (Wildman–Crippen LogP) is 1.47. The monoisotopic (exact) mass is 298 g/mol. The van der Waals surface area contributed by atoms with Crippen LogP contribution in [-0.2, 0) is 14.3 Å². The molecule has 5 nitrogen and oxygen atoms in total. The Kier molecular flexibility index (Phi) is 6.93. The minimum atomic E-state index is 0.00887. The van der Waals surface area contributed by atoms with Gasteiger partial charge in [0.05, 0.1) is 12.7 Å². The summed E-state index contributed by atoms with van der Waals surface area (Å²) in [4.78, 5) is 12.0. The van der Waals surface area contributed by atoms with Crippen LogP contribution in [0.25, 0.3) is 0 Å². The van der Waals surface area contributed by atoms with E-state index in [4.69, 9.17) is 9.47 Å². The highest BCUT2D eigenvalue weighted by Gasteiger charge is 2.32. The summed E-state index contributed by atoms with van der Waals surface area (Å²) < 4.78 is 11.1. The summed E-state index contributed by atoms with van der Waals surface area (Å²) >= 11 is 0. The lowest BCUT2D eigenvalue weighted by atomic mass is 9.79. The zero-order valence-electron chi connectivity index (χ0n) is 13.3. The zero-order chi connectivity index (χ0) is 15.0. The van der Waals surface area contributed by atoms with E-state index >= 15 is 0 Å². The number of carbonyl (C=O) groups excluding carboxylic acids is 1. The van der Waals surface area contributed by atoms with E-state index in [-0.39, 0.29) is 24.0 Å². The molecular weight excluding hydrogens is 268 g/mol. The van der Waals surface area contributed by atoms with E-state index in [0.717, 1.165) is 38.8 Å². The molecule has 0 spiro atoms. The van der Waals surface area contributed by atoms with Crippen molar-refractivity contribution < 1.29 is 14.3 Å². The first-order valence-electron chi connectivity index (χ1n) is 8.32. The Morgan fingerprint density at radius 2 is 1.95 bits per heavy atom. The second kappa shape index (κ2) is 8.71. The molecule has 1 amide bonds. The highest BCUT2D eigenvalue weighted by Crippen LogP contribution is 2.28. The topological polar surface area (TPSA) is 59.6 Å². The number of piperidine rings is 1. The van der Waals surface area contributed by atoms with Gasteiger partial charge in [0, 0.05) is 19.1 Å². The van der Waals surface area contributed by atoms with E-state index in [0.29, 0.717) is 13.2 Å². The Hall–Kier alpha value is -0.650. The van der Waals surface area contributed by atoms with Gasteiger partial charge in [0.2, 0.25) is 5.91 Å². The van der Waals surface area contributed by atoms with Gasteiger partial charge in [0.25, 0.3) is 0 Å². The van der Waals surface area contributed by atoms with Crippen LogP contribution in [0.1, 0.15) is 44.9 Å². The van der Waals surface area contributed by atoms with Crippen LogP contribution >= 0.6 is 0 Å². The Morgan fingerprint density at radius 1 is 1.24 bits per heavy atom. The van der Waals surface area contributed by atoms with Crippen LogP contribution < -0.4 is 10.6 Å². The van der Waals surface area contributed by atoms with Crippen molar-refractivity contribution in [1.29, 1.82) is 0 Å². The van der Waals surface area contributed by atoms with Crippen molar-refractivity contribution in [3.63, 3.8) is 0 Å². The minimum absolute atomic E-state index is 0.00887. The molecule has 0 atom stereocenters. The van der Waals surface area contributed by atoms with Crippen molar-refractivity contribution in [2.75, 3.05) is 40.0 Å². The average Bonchev–Trinajstić information content (AvgIpc) is 2.53. The normalized spacial score (nSPS) is 22.9. The maximum atomic E-state index is 12.0. The van der Waals surface area contributed by atoms with Crippen LogP contribution in [0.3, 0.4) is 0 Å². The third-order valence-corrected chi connectivity index (χ3v) is 4.78. The standard InChI is InChI=1S/C16H30N2O3/c1-20-13-16(7-9-17-10-8-16)12-18-15(19)11-21-14-5-3-2-4-6-14/h14,17H,2-13H2,1H3,(H,18,19). The SMILES string of the molecule is COCC1(CNC(=O)COC2CCCCC2)CCNCC1. The Morgan fingerprint density at radius 3 is 2.62 bits per heavy atom. The second-order valence-electron chi connectivity index (χ2n) is 6.53. The summed E-state index contributed by atoms with van der Waals surface area (Å²) in [5.74, 6) is 0.00887. The number of ether oxygens (including phenoxy) is 2. The molecule has 0 aromatic carbocycles. The fourth-order valence-corrected chi connectivity index (χ4v) is 3.40. The number of methoxy groups -OCH3 is 1. The average molecular weight is 298 g/mol. The first kappa shape index (κ1) is 16.7. The van der Waals surface area contributed by atoms with E-state index in [1.807, 2.05) is 0 Å². The summed E-state index contributed by atoms with van der Waals surface area (Å²) in [5.41, 5.74) is 0.0838. The lowest BCUT2D eigenvalue weighted by Crippen LogP contribution is -2.47.